The zero-order valence-electron chi connectivity index (χ0n) is 7.72. The van der Waals surface area contributed by atoms with Gasteiger partial charge in [-0.2, -0.15) is 18.3 Å². The Labute approximate surface area is 85.7 Å². The molecule has 1 rings (SSSR count). The summed E-state index contributed by atoms with van der Waals surface area (Å²) in [5, 5.41) is 6.21. The summed E-state index contributed by atoms with van der Waals surface area (Å²) in [7, 11) is 2.87. The van der Waals surface area contributed by atoms with Crippen LogP contribution in [0.1, 0.15) is 11.3 Å². The topological polar surface area (TPSA) is 29.9 Å². The quantitative estimate of drug-likeness (QED) is 0.835. The lowest BCUT2D eigenvalue weighted by molar-refractivity contribution is -0.144. The Kier molecular flexibility index (Phi) is 4.41. The summed E-state index contributed by atoms with van der Waals surface area (Å²) in [4.78, 5) is 0. The molecule has 1 heterocycles. The van der Waals surface area contributed by atoms with E-state index in [0.29, 0.717) is 0 Å². The first kappa shape index (κ1) is 13.2. The minimum atomic E-state index is -4.34. The first-order valence-electron chi connectivity index (χ1n) is 3.69. The van der Waals surface area contributed by atoms with E-state index in [-0.39, 0.29) is 24.5 Å². The van der Waals surface area contributed by atoms with Gasteiger partial charge in [-0.3, -0.25) is 4.68 Å². The van der Waals surface area contributed by atoms with E-state index in [4.69, 9.17) is 0 Å². The molecule has 0 aliphatic heterocycles. The number of alkyl halides is 3. The van der Waals surface area contributed by atoms with Gasteiger partial charge in [0.25, 0.3) is 0 Å². The van der Waals surface area contributed by atoms with Gasteiger partial charge in [0.2, 0.25) is 0 Å². The summed E-state index contributed by atoms with van der Waals surface area (Å²) in [6.45, 7) is 0.169. The average molecular weight is 230 g/mol. The third-order valence-corrected chi connectivity index (χ3v) is 1.65. The van der Waals surface area contributed by atoms with Crippen molar-refractivity contribution in [3.63, 3.8) is 0 Å². The highest BCUT2D eigenvalue weighted by Gasteiger charge is 2.36. The highest BCUT2D eigenvalue weighted by atomic mass is 35.5. The highest BCUT2D eigenvalue weighted by Crippen LogP contribution is 2.31. The average Bonchev–Trinajstić information content (AvgIpc) is 2.31. The maximum absolute atomic E-state index is 12.4. The van der Waals surface area contributed by atoms with Crippen LogP contribution in [0.2, 0.25) is 0 Å². The minimum absolute atomic E-state index is 0. The minimum Gasteiger partial charge on any atom is -0.316 e. The van der Waals surface area contributed by atoms with Crippen molar-refractivity contribution in [2.45, 2.75) is 12.7 Å². The van der Waals surface area contributed by atoms with Gasteiger partial charge in [-0.1, -0.05) is 0 Å². The normalized spacial score (nSPS) is 11.2. The molecule has 0 fully saturated rings. The molecule has 0 aromatic carbocycles. The van der Waals surface area contributed by atoms with E-state index in [0.717, 1.165) is 4.68 Å². The number of halogens is 4. The summed E-state index contributed by atoms with van der Waals surface area (Å²) in [6, 6.07) is 0. The van der Waals surface area contributed by atoms with Gasteiger partial charge in [0.05, 0.1) is 6.20 Å². The van der Waals surface area contributed by atoms with Crippen LogP contribution in [0.15, 0.2) is 6.20 Å². The monoisotopic (exact) mass is 229 g/mol. The van der Waals surface area contributed by atoms with Gasteiger partial charge in [-0.25, -0.2) is 0 Å². The van der Waals surface area contributed by atoms with Gasteiger partial charge < -0.3 is 5.32 Å². The number of aryl methyl sites for hydroxylation is 1. The second-order valence-electron chi connectivity index (χ2n) is 2.67. The SMILES string of the molecule is CNCc1cnn(C)c1C(F)(F)F.Cl. The van der Waals surface area contributed by atoms with Gasteiger partial charge in [-0.05, 0) is 7.05 Å². The molecule has 14 heavy (non-hydrogen) atoms. The number of rotatable bonds is 2. The third-order valence-electron chi connectivity index (χ3n) is 1.65. The van der Waals surface area contributed by atoms with E-state index in [1.807, 2.05) is 0 Å². The molecule has 0 aliphatic rings. The molecule has 0 saturated heterocycles. The second-order valence-corrected chi connectivity index (χ2v) is 2.67. The van der Waals surface area contributed by atoms with Crippen LogP contribution in [0.25, 0.3) is 0 Å². The number of hydrogen-bond donors (Lipinski definition) is 1. The largest absolute Gasteiger partial charge is 0.433 e. The van der Waals surface area contributed by atoms with E-state index in [1.165, 1.54) is 13.2 Å². The number of nitrogens with zero attached hydrogens (tertiary/aromatic N) is 2. The molecular formula is C7H11ClF3N3. The van der Waals surface area contributed by atoms with Gasteiger partial charge in [0, 0.05) is 19.2 Å². The van der Waals surface area contributed by atoms with Crippen LogP contribution in [0.4, 0.5) is 13.2 Å². The molecule has 0 saturated carbocycles. The van der Waals surface area contributed by atoms with Crippen LogP contribution < -0.4 is 5.32 Å². The van der Waals surface area contributed by atoms with Crippen molar-refractivity contribution in [3.8, 4) is 0 Å². The van der Waals surface area contributed by atoms with Crippen molar-refractivity contribution in [2.24, 2.45) is 7.05 Å². The molecular weight excluding hydrogens is 219 g/mol. The predicted octanol–water partition coefficient (Wildman–Crippen LogP) is 1.58. The fourth-order valence-electron chi connectivity index (χ4n) is 1.17. The summed E-state index contributed by atoms with van der Waals surface area (Å²) in [5.41, 5.74) is -0.528. The lowest BCUT2D eigenvalue weighted by atomic mass is 10.2. The Morgan fingerprint density at radius 1 is 1.50 bits per heavy atom. The molecule has 1 aromatic rings. The predicted molar refractivity (Wildman–Crippen MR) is 48.2 cm³/mol. The molecule has 0 amide bonds. The molecule has 0 bridgehead atoms. The van der Waals surface area contributed by atoms with E-state index >= 15 is 0 Å². The van der Waals surface area contributed by atoms with Crippen LogP contribution in [0, 0.1) is 0 Å². The molecule has 1 aromatic heterocycles. The van der Waals surface area contributed by atoms with E-state index in [1.54, 1.807) is 7.05 Å². The molecule has 0 aliphatic carbocycles. The van der Waals surface area contributed by atoms with Crippen molar-refractivity contribution in [3.05, 3.63) is 17.5 Å². The maximum atomic E-state index is 12.4. The summed E-state index contributed by atoms with van der Waals surface area (Å²) < 4.78 is 38.0. The first-order chi connectivity index (χ1) is 5.96. The number of hydrogen-bond acceptors (Lipinski definition) is 2. The Balaban J connectivity index is 0.00000169. The molecule has 0 unspecified atom stereocenters. The fourth-order valence-corrected chi connectivity index (χ4v) is 1.17. The Hall–Kier alpha value is -0.750. The van der Waals surface area contributed by atoms with Crippen molar-refractivity contribution in [2.75, 3.05) is 7.05 Å². The lowest BCUT2D eigenvalue weighted by Crippen LogP contribution is -2.16. The van der Waals surface area contributed by atoms with Gasteiger partial charge in [0.1, 0.15) is 5.69 Å². The molecule has 7 heteroatoms. The van der Waals surface area contributed by atoms with Crippen molar-refractivity contribution >= 4 is 12.4 Å². The van der Waals surface area contributed by atoms with Crippen LogP contribution in [0.5, 0.6) is 0 Å². The first-order valence-corrected chi connectivity index (χ1v) is 3.69. The second kappa shape index (κ2) is 4.65. The third kappa shape index (κ3) is 2.62. The Morgan fingerprint density at radius 2 is 2.07 bits per heavy atom. The molecule has 0 radical (unpaired) electrons. The summed E-state index contributed by atoms with van der Waals surface area (Å²) in [6.07, 6.45) is -3.11. The molecule has 1 N–H and O–H groups in total. The highest BCUT2D eigenvalue weighted by molar-refractivity contribution is 5.85. The van der Waals surface area contributed by atoms with Crippen molar-refractivity contribution in [1.29, 1.82) is 0 Å². The zero-order chi connectivity index (χ0) is 10.1. The maximum Gasteiger partial charge on any atom is 0.433 e. The smallest absolute Gasteiger partial charge is 0.316 e. The van der Waals surface area contributed by atoms with Crippen LogP contribution in [-0.4, -0.2) is 16.8 Å². The van der Waals surface area contributed by atoms with E-state index in [2.05, 4.69) is 10.4 Å². The lowest BCUT2D eigenvalue weighted by Gasteiger charge is -2.09. The van der Waals surface area contributed by atoms with Crippen molar-refractivity contribution in [1.82, 2.24) is 15.1 Å². The molecule has 0 spiro atoms. The zero-order valence-corrected chi connectivity index (χ0v) is 8.54. The summed E-state index contributed by atoms with van der Waals surface area (Å²) in [5.74, 6) is 0. The molecule has 82 valence electrons. The standard InChI is InChI=1S/C7H10F3N3.ClH/c1-11-3-5-4-12-13(2)6(5)7(8,9)10;/h4,11H,3H2,1-2H3;1H. The molecule has 0 atom stereocenters. The van der Waals surface area contributed by atoms with E-state index < -0.39 is 11.9 Å². The fraction of sp³-hybridized carbons (Fsp3) is 0.571. The Bertz CT molecular complexity index is 295. The number of nitrogens with one attached hydrogen (secondary N) is 1. The van der Waals surface area contributed by atoms with Crippen LogP contribution in [0.3, 0.4) is 0 Å². The van der Waals surface area contributed by atoms with Gasteiger partial charge in [0.15, 0.2) is 0 Å². The van der Waals surface area contributed by atoms with Gasteiger partial charge in [-0.15, -0.1) is 12.4 Å². The molecule has 3 nitrogen and oxygen atoms in total. The van der Waals surface area contributed by atoms with Gasteiger partial charge >= 0.3 is 6.18 Å². The summed E-state index contributed by atoms with van der Waals surface area (Å²) >= 11 is 0. The van der Waals surface area contributed by atoms with Crippen LogP contribution >= 0.6 is 12.4 Å². The van der Waals surface area contributed by atoms with Crippen LogP contribution in [-0.2, 0) is 19.8 Å². The number of aromatic nitrogens is 2. The Morgan fingerprint density at radius 3 is 2.50 bits per heavy atom. The van der Waals surface area contributed by atoms with Crippen molar-refractivity contribution < 1.29 is 13.2 Å². The van der Waals surface area contributed by atoms with E-state index in [9.17, 15) is 13.2 Å².